The Morgan fingerprint density at radius 1 is 1.44 bits per heavy atom. The van der Waals surface area contributed by atoms with Crippen LogP contribution in [-0.2, 0) is 16.1 Å². The van der Waals surface area contributed by atoms with E-state index >= 15 is 0 Å². The third kappa shape index (κ3) is 2.75. The van der Waals surface area contributed by atoms with E-state index in [0.717, 1.165) is 28.9 Å². The number of methoxy groups -OCH3 is 1. The fourth-order valence-electron chi connectivity index (χ4n) is 4.17. The van der Waals surface area contributed by atoms with Gasteiger partial charge in [-0.1, -0.05) is 18.2 Å². The van der Waals surface area contributed by atoms with Crippen molar-refractivity contribution in [2.24, 2.45) is 11.3 Å². The van der Waals surface area contributed by atoms with Crippen molar-refractivity contribution in [1.82, 2.24) is 9.88 Å². The van der Waals surface area contributed by atoms with Crippen molar-refractivity contribution >= 4 is 16.9 Å². The minimum absolute atomic E-state index is 0.0498. The van der Waals surface area contributed by atoms with Crippen molar-refractivity contribution < 1.29 is 19.4 Å². The molecule has 2 aliphatic heterocycles. The molecule has 0 unspecified atom stereocenters. The number of carbonyl (C=O) groups is 1. The number of para-hydroxylation sites is 1. The minimum atomic E-state index is -0.698. The summed E-state index contributed by atoms with van der Waals surface area (Å²) in [6.45, 7) is 2.99. The van der Waals surface area contributed by atoms with Gasteiger partial charge in [0.1, 0.15) is 11.3 Å². The van der Waals surface area contributed by atoms with E-state index in [-0.39, 0.29) is 5.92 Å². The fraction of sp³-hybridized carbons (Fsp3) is 0.474. The second kappa shape index (κ2) is 6.28. The smallest absolute Gasteiger partial charge is 0.311 e. The van der Waals surface area contributed by atoms with E-state index in [4.69, 9.17) is 14.5 Å². The van der Waals surface area contributed by atoms with Crippen LogP contribution < -0.4 is 4.74 Å². The predicted molar refractivity (Wildman–Crippen MR) is 92.6 cm³/mol. The molecule has 4 rings (SSSR count). The van der Waals surface area contributed by atoms with E-state index in [0.29, 0.717) is 32.7 Å². The second-order valence-electron chi connectivity index (χ2n) is 6.99. The Balaban J connectivity index is 1.58. The number of aromatic nitrogens is 1. The molecule has 0 aliphatic carbocycles. The van der Waals surface area contributed by atoms with Crippen LogP contribution in [0.4, 0.5) is 0 Å². The van der Waals surface area contributed by atoms with Crippen molar-refractivity contribution in [3.63, 3.8) is 0 Å². The summed E-state index contributed by atoms with van der Waals surface area (Å²) < 4.78 is 10.9. The molecule has 6 heteroatoms. The summed E-state index contributed by atoms with van der Waals surface area (Å²) in [6, 6.07) is 9.91. The van der Waals surface area contributed by atoms with Crippen LogP contribution in [0.25, 0.3) is 10.9 Å². The van der Waals surface area contributed by atoms with Gasteiger partial charge in [-0.2, -0.15) is 0 Å². The number of benzene rings is 1. The summed E-state index contributed by atoms with van der Waals surface area (Å²) in [5.41, 5.74) is 1.10. The Hall–Kier alpha value is -2.18. The van der Waals surface area contributed by atoms with Crippen molar-refractivity contribution in [2.75, 3.05) is 33.4 Å². The van der Waals surface area contributed by atoms with Gasteiger partial charge < -0.3 is 14.6 Å². The van der Waals surface area contributed by atoms with Crippen molar-refractivity contribution in [3.05, 3.63) is 36.0 Å². The van der Waals surface area contributed by atoms with Gasteiger partial charge in [-0.15, -0.1) is 0 Å². The van der Waals surface area contributed by atoms with Gasteiger partial charge in [-0.3, -0.25) is 9.69 Å². The van der Waals surface area contributed by atoms with Gasteiger partial charge in [0.2, 0.25) is 0 Å². The molecule has 1 aromatic heterocycles. The number of likely N-dealkylation sites (tertiary alicyclic amines) is 1. The molecule has 6 nitrogen and oxygen atoms in total. The maximum atomic E-state index is 11.9. The standard InChI is InChI=1S/C19H22N2O4/c1-24-16-4-2-3-13-5-6-15(20-17(13)16)10-21-9-14-11-25-8-7-19(14,12-21)18(22)23/h2-6,14H,7-12H2,1H3,(H,22,23)/t14-,19+/m1/s1. The quantitative estimate of drug-likeness (QED) is 0.918. The van der Waals surface area contributed by atoms with E-state index in [1.165, 1.54) is 0 Å². The fourth-order valence-corrected chi connectivity index (χ4v) is 4.17. The SMILES string of the molecule is COc1cccc2ccc(CN3C[C@@H]4COCC[C@]4(C(=O)O)C3)nc12. The zero-order chi connectivity index (χ0) is 17.4. The monoisotopic (exact) mass is 342 g/mol. The summed E-state index contributed by atoms with van der Waals surface area (Å²) in [7, 11) is 1.64. The Morgan fingerprint density at radius 3 is 3.08 bits per heavy atom. The van der Waals surface area contributed by atoms with E-state index in [2.05, 4.69) is 4.90 Å². The molecule has 132 valence electrons. The topological polar surface area (TPSA) is 71.9 Å². The van der Waals surface area contributed by atoms with Crippen LogP contribution in [0.15, 0.2) is 30.3 Å². The third-order valence-electron chi connectivity index (χ3n) is 5.55. The summed E-state index contributed by atoms with van der Waals surface area (Å²) in [5.74, 6) is 0.107. The number of hydrogen-bond acceptors (Lipinski definition) is 5. The van der Waals surface area contributed by atoms with E-state index in [1.54, 1.807) is 7.11 Å². The van der Waals surface area contributed by atoms with Crippen molar-refractivity contribution in [3.8, 4) is 5.75 Å². The molecular formula is C19H22N2O4. The number of carboxylic acids is 1. The van der Waals surface area contributed by atoms with Gasteiger partial charge in [-0.25, -0.2) is 4.98 Å². The van der Waals surface area contributed by atoms with Crippen molar-refractivity contribution in [2.45, 2.75) is 13.0 Å². The summed E-state index contributed by atoms with van der Waals surface area (Å²) in [5, 5.41) is 10.8. The summed E-state index contributed by atoms with van der Waals surface area (Å²) in [4.78, 5) is 18.8. The van der Waals surface area contributed by atoms with Gasteiger partial charge in [0.15, 0.2) is 0 Å². The van der Waals surface area contributed by atoms with Crippen molar-refractivity contribution in [1.29, 1.82) is 0 Å². The zero-order valence-electron chi connectivity index (χ0n) is 14.3. The van der Waals surface area contributed by atoms with Crippen LogP contribution in [-0.4, -0.2) is 54.4 Å². The first-order chi connectivity index (χ1) is 12.1. The molecule has 3 heterocycles. The maximum Gasteiger partial charge on any atom is 0.311 e. The lowest BCUT2D eigenvalue weighted by molar-refractivity contribution is -0.157. The number of pyridine rings is 1. The number of carboxylic acid groups (broad SMARTS) is 1. The average Bonchev–Trinajstić information content (AvgIpc) is 3.00. The van der Waals surface area contributed by atoms with Gasteiger partial charge in [0.25, 0.3) is 0 Å². The number of nitrogens with zero attached hydrogens (tertiary/aromatic N) is 2. The van der Waals surface area contributed by atoms with E-state index < -0.39 is 11.4 Å². The molecule has 0 radical (unpaired) electrons. The molecule has 1 aromatic carbocycles. The molecule has 2 atom stereocenters. The minimum Gasteiger partial charge on any atom is -0.494 e. The zero-order valence-corrected chi connectivity index (χ0v) is 14.3. The lowest BCUT2D eigenvalue weighted by Crippen LogP contribution is -2.44. The number of ether oxygens (including phenoxy) is 2. The van der Waals surface area contributed by atoms with Crippen LogP contribution in [0.2, 0.25) is 0 Å². The third-order valence-corrected chi connectivity index (χ3v) is 5.55. The lowest BCUT2D eigenvalue weighted by atomic mass is 9.74. The Labute approximate surface area is 146 Å². The summed E-state index contributed by atoms with van der Waals surface area (Å²) >= 11 is 0. The van der Waals surface area contributed by atoms with Gasteiger partial charge in [-0.05, 0) is 18.6 Å². The molecule has 25 heavy (non-hydrogen) atoms. The lowest BCUT2D eigenvalue weighted by Gasteiger charge is -2.34. The highest BCUT2D eigenvalue weighted by Gasteiger charge is 2.53. The van der Waals surface area contributed by atoms with Crippen LogP contribution in [0.3, 0.4) is 0 Å². The van der Waals surface area contributed by atoms with Gasteiger partial charge in [0.05, 0.1) is 24.8 Å². The molecule has 1 N–H and O–H groups in total. The molecule has 2 saturated heterocycles. The number of aliphatic carboxylic acids is 1. The largest absolute Gasteiger partial charge is 0.494 e. The van der Waals surface area contributed by atoms with Crippen LogP contribution in [0.5, 0.6) is 5.75 Å². The highest BCUT2D eigenvalue weighted by Crippen LogP contribution is 2.42. The Bertz CT molecular complexity index is 809. The highest BCUT2D eigenvalue weighted by atomic mass is 16.5. The molecule has 0 amide bonds. The number of rotatable bonds is 4. The first-order valence-corrected chi connectivity index (χ1v) is 8.58. The summed E-state index contributed by atoms with van der Waals surface area (Å²) in [6.07, 6.45) is 0.586. The normalized spacial score (nSPS) is 26.5. The molecule has 0 spiro atoms. The predicted octanol–water partition coefficient (Wildman–Crippen LogP) is 2.17. The number of hydrogen-bond donors (Lipinski definition) is 1. The molecule has 2 aromatic rings. The molecule has 2 aliphatic rings. The Kier molecular flexibility index (Phi) is 4.09. The first-order valence-electron chi connectivity index (χ1n) is 8.58. The maximum absolute atomic E-state index is 11.9. The highest BCUT2D eigenvalue weighted by molar-refractivity contribution is 5.84. The van der Waals surface area contributed by atoms with Gasteiger partial charge in [0, 0.05) is 37.5 Å². The van der Waals surface area contributed by atoms with Crippen LogP contribution >= 0.6 is 0 Å². The number of fused-ring (bicyclic) bond motifs is 2. The van der Waals surface area contributed by atoms with E-state index in [9.17, 15) is 9.90 Å². The average molecular weight is 342 g/mol. The van der Waals surface area contributed by atoms with Crippen LogP contribution in [0.1, 0.15) is 12.1 Å². The van der Waals surface area contributed by atoms with Gasteiger partial charge >= 0.3 is 5.97 Å². The molecule has 0 saturated carbocycles. The second-order valence-corrected chi connectivity index (χ2v) is 6.99. The molecule has 2 fully saturated rings. The van der Waals surface area contributed by atoms with E-state index in [1.807, 2.05) is 30.3 Å². The Morgan fingerprint density at radius 2 is 2.32 bits per heavy atom. The molecular weight excluding hydrogens is 320 g/mol. The molecule has 0 bridgehead atoms. The van der Waals surface area contributed by atoms with Crippen LogP contribution in [0, 0.1) is 11.3 Å². The first kappa shape index (κ1) is 16.3.